The Labute approximate surface area is 118 Å². The molecule has 2 N–H and O–H groups in total. The van der Waals surface area contributed by atoms with Gasteiger partial charge in [-0.05, 0) is 13.0 Å². The average Bonchev–Trinajstić information content (AvgIpc) is 2.39. The molecule has 0 bridgehead atoms. The van der Waals surface area contributed by atoms with E-state index in [1.165, 1.54) is 64.2 Å². The highest BCUT2D eigenvalue weighted by Gasteiger charge is 1.94. The molecule has 0 aliphatic heterocycles. The van der Waals surface area contributed by atoms with Gasteiger partial charge in [-0.15, -0.1) is 0 Å². The minimum absolute atomic E-state index is 0.306. The van der Waals surface area contributed by atoms with Crippen LogP contribution in [-0.4, -0.2) is 25.8 Å². The first-order chi connectivity index (χ1) is 9.27. The summed E-state index contributed by atoms with van der Waals surface area (Å²) in [4.78, 5) is 10.2. The van der Waals surface area contributed by atoms with Crippen molar-refractivity contribution in [2.75, 3.05) is 19.7 Å². The van der Waals surface area contributed by atoms with Gasteiger partial charge in [-0.2, -0.15) is 0 Å². The van der Waals surface area contributed by atoms with Crippen LogP contribution in [0.1, 0.15) is 71.1 Å². The second kappa shape index (κ2) is 15.3. The monoisotopic (exact) mass is 271 g/mol. The Morgan fingerprint density at radius 1 is 0.895 bits per heavy atom. The standard InChI is InChI=1S/C15H31N2O2/c1-2-3-4-5-6-7-8-9-10-11-12-17-13-14-19-15(16)18/h16-17H,2-14H2,1H3. The zero-order valence-electron chi connectivity index (χ0n) is 12.5. The molecule has 0 aromatic heterocycles. The number of ether oxygens (including phenoxy) is 1. The third-order valence-corrected chi connectivity index (χ3v) is 3.22. The van der Waals surface area contributed by atoms with Gasteiger partial charge in [0.15, 0.2) is 0 Å². The summed E-state index contributed by atoms with van der Waals surface area (Å²) in [5.41, 5.74) is 6.55. The van der Waals surface area contributed by atoms with Crippen molar-refractivity contribution < 1.29 is 9.53 Å². The van der Waals surface area contributed by atoms with Crippen molar-refractivity contribution in [2.45, 2.75) is 71.1 Å². The van der Waals surface area contributed by atoms with Crippen LogP contribution in [-0.2, 0) is 4.74 Å². The molecular weight excluding hydrogens is 240 g/mol. The van der Waals surface area contributed by atoms with Gasteiger partial charge in [0.2, 0.25) is 0 Å². The van der Waals surface area contributed by atoms with Crippen LogP contribution < -0.4 is 11.1 Å². The van der Waals surface area contributed by atoms with Crippen molar-refractivity contribution in [1.29, 1.82) is 0 Å². The summed E-state index contributed by atoms with van der Waals surface area (Å²) in [7, 11) is 0. The van der Waals surface area contributed by atoms with Crippen LogP contribution in [0, 0.1) is 0 Å². The maximum atomic E-state index is 10.2. The highest BCUT2D eigenvalue weighted by molar-refractivity contribution is 5.63. The van der Waals surface area contributed by atoms with Gasteiger partial charge < -0.3 is 10.1 Å². The third-order valence-electron chi connectivity index (χ3n) is 3.22. The fourth-order valence-electron chi connectivity index (χ4n) is 2.08. The molecule has 0 rings (SSSR count). The van der Waals surface area contributed by atoms with E-state index in [0.717, 1.165) is 6.54 Å². The number of unbranched alkanes of at least 4 members (excludes halogenated alkanes) is 9. The quantitative estimate of drug-likeness (QED) is 0.487. The van der Waals surface area contributed by atoms with E-state index in [1.807, 2.05) is 0 Å². The summed E-state index contributed by atoms with van der Waals surface area (Å²) in [5, 5.41) is 3.21. The van der Waals surface area contributed by atoms with E-state index in [9.17, 15) is 4.79 Å². The zero-order chi connectivity index (χ0) is 14.2. The van der Waals surface area contributed by atoms with Crippen molar-refractivity contribution >= 4 is 6.09 Å². The summed E-state index contributed by atoms with van der Waals surface area (Å²) in [6.45, 7) is 4.19. The first kappa shape index (κ1) is 18.2. The Balaban J connectivity index is 2.93. The molecule has 113 valence electrons. The van der Waals surface area contributed by atoms with Gasteiger partial charge in [-0.1, -0.05) is 64.7 Å². The Kier molecular flexibility index (Phi) is 14.7. The van der Waals surface area contributed by atoms with Crippen LogP contribution >= 0.6 is 0 Å². The first-order valence-corrected chi connectivity index (χ1v) is 7.86. The number of carbonyl (C=O) groups excluding carboxylic acids is 1. The smallest absolute Gasteiger partial charge is 0.426 e. The summed E-state index contributed by atoms with van der Waals surface area (Å²) in [6.07, 6.45) is 12.5. The molecule has 0 aromatic carbocycles. The van der Waals surface area contributed by atoms with Gasteiger partial charge >= 0.3 is 6.09 Å². The highest BCUT2D eigenvalue weighted by Crippen LogP contribution is 2.10. The van der Waals surface area contributed by atoms with E-state index < -0.39 is 6.09 Å². The SMILES string of the molecule is CCCCCCCCCCCCNCCOC([NH])=O. The van der Waals surface area contributed by atoms with Gasteiger partial charge in [0.25, 0.3) is 0 Å². The first-order valence-electron chi connectivity index (χ1n) is 7.86. The molecule has 4 heteroatoms. The van der Waals surface area contributed by atoms with E-state index in [-0.39, 0.29) is 0 Å². The lowest BCUT2D eigenvalue weighted by atomic mass is 10.1. The predicted octanol–water partition coefficient (Wildman–Crippen LogP) is 3.92. The molecule has 1 radical (unpaired) electrons. The van der Waals surface area contributed by atoms with Crippen molar-refractivity contribution in [3.8, 4) is 0 Å². The van der Waals surface area contributed by atoms with Gasteiger partial charge in [-0.3, -0.25) is 0 Å². The maximum absolute atomic E-state index is 10.2. The molecular formula is C15H31N2O2. The second-order valence-corrected chi connectivity index (χ2v) is 5.07. The summed E-state index contributed by atoms with van der Waals surface area (Å²) >= 11 is 0. The molecule has 0 saturated carbocycles. The molecule has 19 heavy (non-hydrogen) atoms. The fourth-order valence-corrected chi connectivity index (χ4v) is 2.08. The lowest BCUT2D eigenvalue weighted by Gasteiger charge is -2.05. The lowest BCUT2D eigenvalue weighted by molar-refractivity contribution is 0.155. The molecule has 0 aliphatic rings. The van der Waals surface area contributed by atoms with Crippen molar-refractivity contribution in [2.24, 2.45) is 0 Å². The molecule has 1 amide bonds. The van der Waals surface area contributed by atoms with Crippen molar-refractivity contribution in [3.05, 3.63) is 0 Å². The van der Waals surface area contributed by atoms with Crippen LogP contribution in [0.3, 0.4) is 0 Å². The molecule has 0 aliphatic carbocycles. The topological polar surface area (TPSA) is 62.1 Å². The molecule has 0 aromatic rings. The summed E-state index contributed by atoms with van der Waals surface area (Å²) in [5.74, 6) is 0. The number of hydrogen-bond donors (Lipinski definition) is 1. The van der Waals surface area contributed by atoms with E-state index in [0.29, 0.717) is 13.2 Å². The average molecular weight is 271 g/mol. The van der Waals surface area contributed by atoms with Crippen LogP contribution in [0.2, 0.25) is 0 Å². The normalized spacial score (nSPS) is 10.6. The second-order valence-electron chi connectivity index (χ2n) is 5.07. The van der Waals surface area contributed by atoms with Crippen LogP contribution in [0.4, 0.5) is 4.79 Å². The Morgan fingerprint density at radius 2 is 1.42 bits per heavy atom. The lowest BCUT2D eigenvalue weighted by Crippen LogP contribution is -2.22. The van der Waals surface area contributed by atoms with E-state index in [1.54, 1.807) is 0 Å². The number of nitrogens with one attached hydrogen (secondary N) is 2. The van der Waals surface area contributed by atoms with Gasteiger partial charge in [0, 0.05) is 6.54 Å². The van der Waals surface area contributed by atoms with Gasteiger partial charge in [-0.25, -0.2) is 10.5 Å². The van der Waals surface area contributed by atoms with E-state index in [2.05, 4.69) is 17.0 Å². The number of hydrogen-bond acceptors (Lipinski definition) is 3. The zero-order valence-corrected chi connectivity index (χ0v) is 12.5. The molecule has 0 saturated heterocycles. The Hall–Kier alpha value is -0.770. The highest BCUT2D eigenvalue weighted by atomic mass is 16.5. The Bertz CT molecular complexity index is 199. The van der Waals surface area contributed by atoms with Crippen molar-refractivity contribution in [3.63, 3.8) is 0 Å². The number of amides is 1. The van der Waals surface area contributed by atoms with Crippen molar-refractivity contribution in [1.82, 2.24) is 11.1 Å². The van der Waals surface area contributed by atoms with Crippen LogP contribution in [0.5, 0.6) is 0 Å². The molecule has 0 fully saturated rings. The largest absolute Gasteiger partial charge is 0.447 e. The summed E-state index contributed by atoms with van der Waals surface area (Å²) in [6, 6.07) is 0. The molecule has 0 heterocycles. The molecule has 0 atom stereocenters. The van der Waals surface area contributed by atoms with Gasteiger partial charge in [0.05, 0.1) is 0 Å². The number of carbonyl (C=O) groups is 1. The summed E-state index contributed by atoms with van der Waals surface area (Å²) < 4.78 is 4.51. The predicted molar refractivity (Wildman–Crippen MR) is 79.2 cm³/mol. The van der Waals surface area contributed by atoms with Gasteiger partial charge in [0.1, 0.15) is 6.61 Å². The Morgan fingerprint density at radius 3 is 1.95 bits per heavy atom. The maximum Gasteiger partial charge on any atom is 0.426 e. The minimum atomic E-state index is -0.944. The van der Waals surface area contributed by atoms with Crippen LogP contribution in [0.15, 0.2) is 0 Å². The molecule has 0 unspecified atom stereocenters. The van der Waals surface area contributed by atoms with Crippen LogP contribution in [0.25, 0.3) is 0 Å². The molecule has 0 spiro atoms. The minimum Gasteiger partial charge on any atom is -0.447 e. The fraction of sp³-hybridized carbons (Fsp3) is 0.933. The molecule has 4 nitrogen and oxygen atoms in total. The third kappa shape index (κ3) is 17.2. The van der Waals surface area contributed by atoms with E-state index in [4.69, 9.17) is 5.73 Å². The number of rotatable bonds is 14. The van der Waals surface area contributed by atoms with E-state index >= 15 is 0 Å².